The third-order valence-corrected chi connectivity index (χ3v) is 3.80. The summed E-state index contributed by atoms with van der Waals surface area (Å²) in [5.41, 5.74) is 0.500. The highest BCUT2D eigenvalue weighted by atomic mass is 35.5. The number of halogens is 2. The van der Waals surface area contributed by atoms with Gasteiger partial charge in [0.05, 0.1) is 0 Å². The lowest BCUT2D eigenvalue weighted by molar-refractivity contribution is -0.149. The minimum Gasteiger partial charge on any atom is -0.343 e. The standard InChI is InChI=1S/C14H16ClFN2O2/c1-3-12-13(19)17-8(2)14(20)18(12)7-9-6-10(16)4-5-11(9)15/h4-6,8,12H,3,7H2,1-2H3,(H,17,19). The van der Waals surface area contributed by atoms with Crippen LogP contribution in [-0.2, 0) is 16.1 Å². The zero-order valence-corrected chi connectivity index (χ0v) is 12.1. The maximum absolute atomic E-state index is 13.3. The van der Waals surface area contributed by atoms with Gasteiger partial charge in [0.2, 0.25) is 11.8 Å². The third kappa shape index (κ3) is 2.77. The van der Waals surface area contributed by atoms with Crippen molar-refractivity contribution in [3.8, 4) is 0 Å². The highest BCUT2D eigenvalue weighted by molar-refractivity contribution is 6.31. The van der Waals surface area contributed by atoms with Crippen molar-refractivity contribution in [1.82, 2.24) is 10.2 Å². The summed E-state index contributed by atoms with van der Waals surface area (Å²) in [7, 11) is 0. The first-order valence-corrected chi connectivity index (χ1v) is 6.86. The molecule has 0 bridgehead atoms. The van der Waals surface area contributed by atoms with Crippen molar-refractivity contribution < 1.29 is 14.0 Å². The van der Waals surface area contributed by atoms with E-state index in [1.54, 1.807) is 6.92 Å². The van der Waals surface area contributed by atoms with Gasteiger partial charge in [0.25, 0.3) is 0 Å². The molecule has 1 fully saturated rings. The second-order valence-corrected chi connectivity index (χ2v) is 5.26. The van der Waals surface area contributed by atoms with Gasteiger partial charge >= 0.3 is 0 Å². The molecule has 2 unspecified atom stereocenters. The molecule has 0 aliphatic carbocycles. The van der Waals surface area contributed by atoms with Crippen LogP contribution < -0.4 is 5.32 Å². The summed E-state index contributed by atoms with van der Waals surface area (Å²) in [5, 5.41) is 3.02. The molecule has 1 aliphatic heterocycles. The molecule has 6 heteroatoms. The van der Waals surface area contributed by atoms with Gasteiger partial charge in [-0.1, -0.05) is 18.5 Å². The zero-order valence-electron chi connectivity index (χ0n) is 11.3. The summed E-state index contributed by atoms with van der Waals surface area (Å²) in [5.74, 6) is -0.789. The number of nitrogens with zero attached hydrogens (tertiary/aromatic N) is 1. The fourth-order valence-corrected chi connectivity index (χ4v) is 2.53. The number of hydrogen-bond acceptors (Lipinski definition) is 2. The Balaban J connectivity index is 2.30. The van der Waals surface area contributed by atoms with Crippen LogP contribution in [0.15, 0.2) is 18.2 Å². The SMILES string of the molecule is CCC1C(=O)NC(C)C(=O)N1Cc1cc(F)ccc1Cl. The molecule has 0 spiro atoms. The van der Waals surface area contributed by atoms with Crippen molar-refractivity contribution in [2.75, 3.05) is 0 Å². The molecule has 1 aromatic rings. The van der Waals surface area contributed by atoms with Gasteiger partial charge < -0.3 is 10.2 Å². The van der Waals surface area contributed by atoms with Crippen LogP contribution in [0.4, 0.5) is 4.39 Å². The monoisotopic (exact) mass is 298 g/mol. The molecule has 4 nitrogen and oxygen atoms in total. The largest absolute Gasteiger partial charge is 0.343 e. The fourth-order valence-electron chi connectivity index (χ4n) is 2.36. The summed E-state index contributed by atoms with van der Waals surface area (Å²) >= 11 is 6.02. The van der Waals surface area contributed by atoms with Crippen LogP contribution in [0.2, 0.25) is 5.02 Å². The van der Waals surface area contributed by atoms with Crippen LogP contribution in [0.3, 0.4) is 0 Å². The smallest absolute Gasteiger partial charge is 0.245 e. The van der Waals surface area contributed by atoms with Crippen molar-refractivity contribution in [2.24, 2.45) is 0 Å². The maximum atomic E-state index is 13.3. The Morgan fingerprint density at radius 2 is 2.10 bits per heavy atom. The van der Waals surface area contributed by atoms with Crippen LogP contribution in [0.5, 0.6) is 0 Å². The molecule has 108 valence electrons. The summed E-state index contributed by atoms with van der Waals surface area (Å²) < 4.78 is 13.3. The van der Waals surface area contributed by atoms with Gasteiger partial charge in [-0.15, -0.1) is 0 Å². The summed E-state index contributed by atoms with van der Waals surface area (Å²) in [6.07, 6.45) is 0.497. The Bertz CT molecular complexity index is 550. The number of rotatable bonds is 3. The molecular formula is C14H16ClFN2O2. The summed E-state index contributed by atoms with van der Waals surface area (Å²) in [4.78, 5) is 25.6. The lowest BCUT2D eigenvalue weighted by Gasteiger charge is -2.37. The second-order valence-electron chi connectivity index (χ2n) is 4.86. The predicted molar refractivity (Wildman–Crippen MR) is 73.6 cm³/mol. The topological polar surface area (TPSA) is 49.4 Å². The molecule has 2 amide bonds. The van der Waals surface area contributed by atoms with Crippen molar-refractivity contribution in [3.05, 3.63) is 34.6 Å². The number of nitrogens with one attached hydrogen (secondary N) is 1. The average Bonchev–Trinajstić information content (AvgIpc) is 2.40. The van der Waals surface area contributed by atoms with Crippen LogP contribution in [-0.4, -0.2) is 28.8 Å². The Hall–Kier alpha value is -1.62. The van der Waals surface area contributed by atoms with E-state index >= 15 is 0 Å². The van der Waals surface area contributed by atoms with E-state index in [0.717, 1.165) is 0 Å². The van der Waals surface area contributed by atoms with E-state index in [2.05, 4.69) is 5.32 Å². The normalized spacial score (nSPS) is 22.9. The number of piperazine rings is 1. The Labute approximate surface area is 121 Å². The predicted octanol–water partition coefficient (Wildman–Crippen LogP) is 2.10. The first kappa shape index (κ1) is 14.8. The molecule has 0 radical (unpaired) electrons. The van der Waals surface area contributed by atoms with E-state index in [9.17, 15) is 14.0 Å². The van der Waals surface area contributed by atoms with Crippen molar-refractivity contribution in [2.45, 2.75) is 38.9 Å². The van der Waals surface area contributed by atoms with Crippen LogP contribution >= 0.6 is 11.6 Å². The van der Waals surface area contributed by atoms with Crippen LogP contribution in [0.1, 0.15) is 25.8 Å². The minimum atomic E-state index is -0.572. The molecule has 0 saturated carbocycles. The van der Waals surface area contributed by atoms with Gasteiger partial charge in [-0.05, 0) is 37.1 Å². The highest BCUT2D eigenvalue weighted by Crippen LogP contribution is 2.22. The van der Waals surface area contributed by atoms with E-state index in [4.69, 9.17) is 11.6 Å². The Kier molecular flexibility index (Phi) is 4.28. The average molecular weight is 299 g/mol. The molecule has 0 aromatic heterocycles. The summed E-state index contributed by atoms with van der Waals surface area (Å²) in [6, 6.07) is 2.89. The fraction of sp³-hybridized carbons (Fsp3) is 0.429. The van der Waals surface area contributed by atoms with Crippen molar-refractivity contribution in [3.63, 3.8) is 0 Å². The van der Waals surface area contributed by atoms with E-state index in [1.807, 2.05) is 6.92 Å². The van der Waals surface area contributed by atoms with E-state index < -0.39 is 17.9 Å². The number of benzene rings is 1. The van der Waals surface area contributed by atoms with Gasteiger partial charge in [-0.2, -0.15) is 0 Å². The minimum absolute atomic E-state index is 0.131. The lowest BCUT2D eigenvalue weighted by atomic mass is 10.0. The third-order valence-electron chi connectivity index (χ3n) is 3.43. The molecule has 1 aromatic carbocycles. The van der Waals surface area contributed by atoms with E-state index in [0.29, 0.717) is 17.0 Å². The van der Waals surface area contributed by atoms with Gasteiger partial charge in [-0.25, -0.2) is 4.39 Å². The number of hydrogen-bond donors (Lipinski definition) is 1. The first-order chi connectivity index (χ1) is 9.43. The van der Waals surface area contributed by atoms with E-state index in [-0.39, 0.29) is 18.4 Å². The lowest BCUT2D eigenvalue weighted by Crippen LogP contribution is -2.61. The maximum Gasteiger partial charge on any atom is 0.245 e. The molecule has 1 N–H and O–H groups in total. The number of carbonyl (C=O) groups excluding carboxylic acids is 2. The zero-order chi connectivity index (χ0) is 14.9. The Morgan fingerprint density at radius 1 is 1.40 bits per heavy atom. The van der Waals surface area contributed by atoms with Crippen molar-refractivity contribution in [1.29, 1.82) is 0 Å². The van der Waals surface area contributed by atoms with Gasteiger partial charge in [-0.3, -0.25) is 9.59 Å². The quantitative estimate of drug-likeness (QED) is 0.929. The number of amides is 2. The van der Waals surface area contributed by atoms with Gasteiger partial charge in [0.15, 0.2) is 0 Å². The molecule has 2 atom stereocenters. The molecule has 2 rings (SSSR count). The first-order valence-electron chi connectivity index (χ1n) is 6.48. The van der Waals surface area contributed by atoms with Gasteiger partial charge in [0, 0.05) is 11.6 Å². The second kappa shape index (κ2) is 5.79. The molecular weight excluding hydrogens is 283 g/mol. The van der Waals surface area contributed by atoms with Crippen molar-refractivity contribution >= 4 is 23.4 Å². The highest BCUT2D eigenvalue weighted by Gasteiger charge is 2.37. The number of carbonyl (C=O) groups is 2. The Morgan fingerprint density at radius 3 is 2.75 bits per heavy atom. The summed E-state index contributed by atoms with van der Waals surface area (Å²) in [6.45, 7) is 3.59. The van der Waals surface area contributed by atoms with Crippen LogP contribution in [0.25, 0.3) is 0 Å². The van der Waals surface area contributed by atoms with E-state index in [1.165, 1.54) is 23.1 Å². The molecule has 1 saturated heterocycles. The molecule has 1 heterocycles. The van der Waals surface area contributed by atoms with Gasteiger partial charge in [0.1, 0.15) is 17.9 Å². The molecule has 1 aliphatic rings. The van der Waals surface area contributed by atoms with Crippen LogP contribution in [0, 0.1) is 5.82 Å². The molecule has 20 heavy (non-hydrogen) atoms.